The fourth-order valence-corrected chi connectivity index (χ4v) is 3.79. The van der Waals surface area contributed by atoms with Crippen LogP contribution in [0.4, 0.5) is 11.4 Å². The number of rotatable bonds is 5. The number of amides is 2. The predicted molar refractivity (Wildman–Crippen MR) is 107 cm³/mol. The molecule has 2 fully saturated rings. The molecule has 2 saturated heterocycles. The van der Waals surface area contributed by atoms with Crippen LogP contribution in [0.2, 0.25) is 0 Å². The number of hydrogen-bond acceptors (Lipinski definition) is 3. The molecule has 140 valence electrons. The molecule has 0 aliphatic carbocycles. The second-order valence-corrected chi connectivity index (χ2v) is 7.31. The Morgan fingerprint density at radius 3 is 2.22 bits per heavy atom. The van der Waals surface area contributed by atoms with E-state index in [2.05, 4.69) is 22.3 Å². The molecule has 0 aromatic heterocycles. The second kappa shape index (κ2) is 7.82. The van der Waals surface area contributed by atoms with E-state index in [1.165, 1.54) is 18.5 Å². The van der Waals surface area contributed by atoms with E-state index in [9.17, 15) is 9.59 Å². The Morgan fingerprint density at radius 2 is 1.59 bits per heavy atom. The highest BCUT2D eigenvalue weighted by Crippen LogP contribution is 2.22. The number of carbonyl (C=O) groups is 2. The van der Waals surface area contributed by atoms with Gasteiger partial charge in [0.05, 0.1) is 0 Å². The van der Waals surface area contributed by atoms with Crippen LogP contribution in [0.5, 0.6) is 0 Å². The van der Waals surface area contributed by atoms with Gasteiger partial charge < -0.3 is 15.1 Å². The van der Waals surface area contributed by atoms with E-state index in [1.807, 2.05) is 41.3 Å². The van der Waals surface area contributed by atoms with E-state index in [4.69, 9.17) is 0 Å². The molecule has 2 amide bonds. The Bertz CT molecular complexity index is 808. The van der Waals surface area contributed by atoms with E-state index >= 15 is 0 Å². The van der Waals surface area contributed by atoms with Crippen LogP contribution >= 0.6 is 0 Å². The quantitative estimate of drug-likeness (QED) is 0.882. The van der Waals surface area contributed by atoms with Crippen molar-refractivity contribution in [2.45, 2.75) is 32.2 Å². The van der Waals surface area contributed by atoms with Crippen molar-refractivity contribution in [2.75, 3.05) is 29.9 Å². The molecule has 5 nitrogen and oxygen atoms in total. The van der Waals surface area contributed by atoms with Crippen molar-refractivity contribution >= 4 is 23.2 Å². The highest BCUT2D eigenvalue weighted by molar-refractivity contribution is 6.04. The topological polar surface area (TPSA) is 52.7 Å². The van der Waals surface area contributed by atoms with Gasteiger partial charge in [-0.1, -0.05) is 12.1 Å². The van der Waals surface area contributed by atoms with Crippen molar-refractivity contribution in [3.05, 3.63) is 59.7 Å². The Hall–Kier alpha value is -2.82. The van der Waals surface area contributed by atoms with Crippen molar-refractivity contribution < 1.29 is 9.59 Å². The lowest BCUT2D eigenvalue weighted by Gasteiger charge is -2.18. The lowest BCUT2D eigenvalue weighted by atomic mass is 10.1. The van der Waals surface area contributed by atoms with Crippen LogP contribution < -0.4 is 10.2 Å². The lowest BCUT2D eigenvalue weighted by molar-refractivity contribution is -0.128. The SMILES string of the molecule is O=C(Nc1ccc(N2CCCC2)cc1)c1ccc(CN2CCCC2=O)cc1. The van der Waals surface area contributed by atoms with Gasteiger partial charge in [-0.05, 0) is 61.2 Å². The summed E-state index contributed by atoms with van der Waals surface area (Å²) in [6.07, 6.45) is 4.09. The van der Waals surface area contributed by atoms with Crippen molar-refractivity contribution in [2.24, 2.45) is 0 Å². The van der Waals surface area contributed by atoms with Crippen molar-refractivity contribution in [1.29, 1.82) is 0 Å². The molecule has 1 N–H and O–H groups in total. The summed E-state index contributed by atoms with van der Waals surface area (Å²) >= 11 is 0. The van der Waals surface area contributed by atoms with Crippen molar-refractivity contribution in [3.63, 3.8) is 0 Å². The minimum absolute atomic E-state index is 0.118. The number of benzene rings is 2. The molecule has 0 unspecified atom stereocenters. The lowest BCUT2D eigenvalue weighted by Crippen LogP contribution is -2.23. The van der Waals surface area contributed by atoms with Gasteiger partial charge in [-0.2, -0.15) is 0 Å². The second-order valence-electron chi connectivity index (χ2n) is 7.31. The van der Waals surface area contributed by atoms with Crippen LogP contribution in [-0.4, -0.2) is 36.3 Å². The number of anilines is 2. The van der Waals surface area contributed by atoms with Crippen LogP contribution in [0.1, 0.15) is 41.6 Å². The molecule has 0 radical (unpaired) electrons. The van der Waals surface area contributed by atoms with Gasteiger partial charge in [0.15, 0.2) is 0 Å². The Morgan fingerprint density at radius 1 is 0.889 bits per heavy atom. The zero-order valence-corrected chi connectivity index (χ0v) is 15.5. The van der Waals surface area contributed by atoms with Crippen LogP contribution in [0, 0.1) is 0 Å². The summed E-state index contributed by atoms with van der Waals surface area (Å²) in [7, 11) is 0. The average molecular weight is 363 g/mol. The minimum atomic E-state index is -0.118. The first-order valence-corrected chi connectivity index (χ1v) is 9.72. The number of carbonyl (C=O) groups excluding carboxylic acids is 2. The standard InChI is InChI=1S/C22H25N3O2/c26-21-4-3-15-25(21)16-17-5-7-18(8-6-17)22(27)23-19-9-11-20(12-10-19)24-13-1-2-14-24/h5-12H,1-4,13-16H2,(H,23,27). The summed E-state index contributed by atoms with van der Waals surface area (Å²) in [4.78, 5) is 28.4. The third-order valence-corrected chi connectivity index (χ3v) is 5.36. The molecule has 4 rings (SSSR count). The molecule has 0 spiro atoms. The summed E-state index contributed by atoms with van der Waals surface area (Å²) in [6, 6.07) is 15.5. The summed E-state index contributed by atoms with van der Waals surface area (Å²) in [5, 5.41) is 2.95. The van der Waals surface area contributed by atoms with Gasteiger partial charge in [-0.3, -0.25) is 9.59 Å². The van der Waals surface area contributed by atoms with Gasteiger partial charge in [0.2, 0.25) is 5.91 Å². The van der Waals surface area contributed by atoms with Gasteiger partial charge in [-0.25, -0.2) is 0 Å². The van der Waals surface area contributed by atoms with E-state index < -0.39 is 0 Å². The van der Waals surface area contributed by atoms with Crippen LogP contribution in [-0.2, 0) is 11.3 Å². The molecule has 0 saturated carbocycles. The van der Waals surface area contributed by atoms with Crippen molar-refractivity contribution in [1.82, 2.24) is 4.90 Å². The van der Waals surface area contributed by atoms with Gasteiger partial charge in [-0.15, -0.1) is 0 Å². The first-order chi connectivity index (χ1) is 13.2. The Balaban J connectivity index is 1.35. The molecule has 0 atom stereocenters. The highest BCUT2D eigenvalue weighted by atomic mass is 16.2. The fourth-order valence-electron chi connectivity index (χ4n) is 3.79. The molecule has 2 aromatic carbocycles. The average Bonchev–Trinajstić information content (AvgIpc) is 3.36. The first-order valence-electron chi connectivity index (χ1n) is 9.72. The van der Waals surface area contributed by atoms with Gasteiger partial charge in [0.25, 0.3) is 5.91 Å². The molecular weight excluding hydrogens is 338 g/mol. The molecule has 27 heavy (non-hydrogen) atoms. The molecule has 2 heterocycles. The highest BCUT2D eigenvalue weighted by Gasteiger charge is 2.20. The fraction of sp³-hybridized carbons (Fsp3) is 0.364. The van der Waals surface area contributed by atoms with Gasteiger partial charge in [0.1, 0.15) is 0 Å². The van der Waals surface area contributed by atoms with E-state index in [0.717, 1.165) is 37.3 Å². The normalized spacial score (nSPS) is 16.8. The maximum Gasteiger partial charge on any atom is 0.255 e. The number of likely N-dealkylation sites (tertiary alicyclic amines) is 1. The number of nitrogens with zero attached hydrogens (tertiary/aromatic N) is 2. The van der Waals surface area contributed by atoms with E-state index in [-0.39, 0.29) is 11.8 Å². The van der Waals surface area contributed by atoms with Gasteiger partial charge >= 0.3 is 0 Å². The van der Waals surface area contributed by atoms with E-state index in [0.29, 0.717) is 18.5 Å². The number of hydrogen-bond donors (Lipinski definition) is 1. The molecule has 0 bridgehead atoms. The largest absolute Gasteiger partial charge is 0.372 e. The minimum Gasteiger partial charge on any atom is -0.372 e. The monoisotopic (exact) mass is 363 g/mol. The zero-order valence-electron chi connectivity index (χ0n) is 15.5. The van der Waals surface area contributed by atoms with Crippen molar-refractivity contribution in [3.8, 4) is 0 Å². The molecule has 5 heteroatoms. The van der Waals surface area contributed by atoms with E-state index in [1.54, 1.807) is 0 Å². The summed E-state index contributed by atoms with van der Waals surface area (Å²) in [5.41, 5.74) is 3.69. The van der Waals surface area contributed by atoms with Crippen LogP contribution in [0.25, 0.3) is 0 Å². The third kappa shape index (κ3) is 4.13. The summed E-state index contributed by atoms with van der Waals surface area (Å²) < 4.78 is 0. The van der Waals surface area contributed by atoms with Gasteiger partial charge in [0, 0.05) is 49.5 Å². The summed E-state index contributed by atoms with van der Waals surface area (Å²) in [5.74, 6) is 0.0990. The third-order valence-electron chi connectivity index (χ3n) is 5.36. The van der Waals surface area contributed by atoms with Crippen LogP contribution in [0.3, 0.4) is 0 Å². The molecule has 2 aromatic rings. The maximum atomic E-state index is 12.5. The first kappa shape index (κ1) is 17.6. The zero-order chi connectivity index (χ0) is 18.6. The Kier molecular flexibility index (Phi) is 5.10. The van der Waals surface area contributed by atoms with Crippen LogP contribution in [0.15, 0.2) is 48.5 Å². The maximum absolute atomic E-state index is 12.5. The summed E-state index contributed by atoms with van der Waals surface area (Å²) in [6.45, 7) is 3.68. The predicted octanol–water partition coefficient (Wildman–Crippen LogP) is 3.66. The molecule has 2 aliphatic rings. The molecule has 2 aliphatic heterocycles. The number of nitrogens with one attached hydrogen (secondary N) is 1. The molecular formula is C22H25N3O2. The Labute approximate surface area is 160 Å². The smallest absolute Gasteiger partial charge is 0.255 e.